The molecule has 0 amide bonds. The molecule has 28 heavy (non-hydrogen) atoms. The van der Waals surface area contributed by atoms with Crippen LogP contribution in [0.5, 0.6) is 0 Å². The van der Waals surface area contributed by atoms with E-state index in [0.29, 0.717) is 24.1 Å². The molecule has 1 unspecified atom stereocenters. The van der Waals surface area contributed by atoms with Crippen molar-refractivity contribution < 1.29 is 9.53 Å². The molecule has 2 aromatic rings. The number of nitrogens with one attached hydrogen (secondary N) is 3. The van der Waals surface area contributed by atoms with Gasteiger partial charge in [0.15, 0.2) is 0 Å². The number of nitrogen functional groups attached to an aromatic ring is 2. The first kappa shape index (κ1) is 20.9. The summed E-state index contributed by atoms with van der Waals surface area (Å²) in [6.45, 7) is 0.468. The molecule has 0 radical (unpaired) electrons. The van der Waals surface area contributed by atoms with Gasteiger partial charge in [-0.05, 0) is 23.6 Å². The molecule has 0 aliphatic carbocycles. The third-order valence-corrected chi connectivity index (χ3v) is 4.24. The number of hydrogen-bond acceptors (Lipinski definition) is 5. The quantitative estimate of drug-likeness (QED) is 0.196. The summed E-state index contributed by atoms with van der Waals surface area (Å²) in [7, 11) is 1.33. The lowest BCUT2D eigenvalue weighted by Crippen LogP contribution is -2.24. The molecule has 146 valence electrons. The van der Waals surface area contributed by atoms with E-state index in [2.05, 4.69) is 10.1 Å². The summed E-state index contributed by atoms with van der Waals surface area (Å²) in [5, 5.41) is 18.5. The highest BCUT2D eigenvalue weighted by Crippen LogP contribution is 2.20. The topological polar surface area (TPSA) is 138 Å². The second kappa shape index (κ2) is 10.0. The summed E-state index contributed by atoms with van der Waals surface area (Å²) in [4.78, 5) is 11.2. The van der Waals surface area contributed by atoms with Crippen LogP contribution in [0.2, 0.25) is 0 Å². The van der Waals surface area contributed by atoms with Crippen LogP contribution >= 0.6 is 0 Å². The average Bonchev–Trinajstić information content (AvgIpc) is 2.70. The van der Waals surface area contributed by atoms with Gasteiger partial charge in [0.05, 0.1) is 7.11 Å². The highest BCUT2D eigenvalue weighted by atomic mass is 16.5. The number of esters is 1. The Balaban J connectivity index is 2.21. The number of nitrogens with two attached hydrogens (primary N) is 2. The minimum Gasteiger partial charge on any atom is -0.466 e. The largest absolute Gasteiger partial charge is 0.466 e. The third-order valence-electron chi connectivity index (χ3n) is 4.24. The molecule has 0 fully saturated rings. The SMILES string of the molecule is COC(=O)C=CCNC(Cc1ccc(C(=N)N)cc1)c1cccc(C(=N)N)c1. The van der Waals surface area contributed by atoms with Crippen LogP contribution in [0.15, 0.2) is 60.7 Å². The summed E-state index contributed by atoms with van der Waals surface area (Å²) >= 11 is 0. The predicted octanol–water partition coefficient (Wildman–Crippen LogP) is 1.86. The summed E-state index contributed by atoms with van der Waals surface area (Å²) in [6, 6.07) is 15.0. The minimum atomic E-state index is -0.406. The maximum absolute atomic E-state index is 11.2. The van der Waals surface area contributed by atoms with E-state index in [1.54, 1.807) is 12.1 Å². The lowest BCUT2D eigenvalue weighted by Gasteiger charge is -2.20. The molecule has 0 saturated carbocycles. The van der Waals surface area contributed by atoms with E-state index in [4.69, 9.17) is 22.3 Å². The maximum atomic E-state index is 11.2. The molecule has 7 nitrogen and oxygen atoms in total. The zero-order chi connectivity index (χ0) is 20.5. The summed E-state index contributed by atoms with van der Waals surface area (Å²) in [5.74, 6) is -0.364. The van der Waals surface area contributed by atoms with Crippen molar-refractivity contribution >= 4 is 17.6 Å². The molecule has 2 rings (SSSR count). The Morgan fingerprint density at radius 3 is 2.39 bits per heavy atom. The highest BCUT2D eigenvalue weighted by molar-refractivity contribution is 5.95. The Kier molecular flexibility index (Phi) is 7.47. The number of carbonyl (C=O) groups excluding carboxylic acids is 1. The Labute approximate surface area is 164 Å². The van der Waals surface area contributed by atoms with E-state index < -0.39 is 5.97 Å². The van der Waals surface area contributed by atoms with E-state index >= 15 is 0 Å². The lowest BCUT2D eigenvalue weighted by molar-refractivity contribution is -0.134. The third kappa shape index (κ3) is 6.07. The van der Waals surface area contributed by atoms with E-state index in [9.17, 15) is 4.79 Å². The van der Waals surface area contributed by atoms with Crippen molar-refractivity contribution in [3.63, 3.8) is 0 Å². The fraction of sp³-hybridized carbons (Fsp3) is 0.190. The fourth-order valence-electron chi connectivity index (χ4n) is 2.72. The molecule has 0 aromatic heterocycles. The number of rotatable bonds is 9. The smallest absolute Gasteiger partial charge is 0.330 e. The molecule has 7 N–H and O–H groups in total. The zero-order valence-corrected chi connectivity index (χ0v) is 15.7. The van der Waals surface area contributed by atoms with Gasteiger partial charge in [-0.15, -0.1) is 0 Å². The van der Waals surface area contributed by atoms with Crippen molar-refractivity contribution in [2.75, 3.05) is 13.7 Å². The maximum Gasteiger partial charge on any atom is 0.330 e. The molecule has 1 atom stereocenters. The van der Waals surface area contributed by atoms with Gasteiger partial charge in [-0.25, -0.2) is 4.79 Å². The van der Waals surface area contributed by atoms with E-state index in [-0.39, 0.29) is 17.7 Å². The second-order valence-electron chi connectivity index (χ2n) is 6.24. The van der Waals surface area contributed by atoms with Crippen molar-refractivity contribution in [3.05, 3.63) is 82.9 Å². The van der Waals surface area contributed by atoms with Gasteiger partial charge in [-0.2, -0.15) is 0 Å². The standard InChI is InChI=1S/C21H25N5O2/c1-28-19(27)6-3-11-26-18(16-4-2-5-17(13-16)21(24)25)12-14-7-9-15(10-8-14)20(22)23/h2-10,13,18,26H,11-12H2,1H3,(H3,22,23)(H3,24,25). The van der Waals surface area contributed by atoms with E-state index in [1.165, 1.54) is 13.2 Å². The first-order valence-electron chi connectivity index (χ1n) is 8.76. The van der Waals surface area contributed by atoms with Gasteiger partial charge in [0.2, 0.25) is 0 Å². The number of methoxy groups -OCH3 is 1. The summed E-state index contributed by atoms with van der Waals surface area (Å²) < 4.78 is 4.59. The van der Waals surface area contributed by atoms with Crippen molar-refractivity contribution in [3.8, 4) is 0 Å². The van der Waals surface area contributed by atoms with Gasteiger partial charge in [-0.3, -0.25) is 10.8 Å². The molecule has 7 heteroatoms. The Hall–Kier alpha value is -3.45. The normalized spacial score (nSPS) is 11.9. The van der Waals surface area contributed by atoms with Crippen LogP contribution in [0.3, 0.4) is 0 Å². The zero-order valence-electron chi connectivity index (χ0n) is 15.7. The number of carbonyl (C=O) groups is 1. The number of benzene rings is 2. The van der Waals surface area contributed by atoms with Gasteiger partial charge >= 0.3 is 5.97 Å². The number of ether oxygens (including phenoxy) is 1. The monoisotopic (exact) mass is 379 g/mol. The van der Waals surface area contributed by atoms with Gasteiger partial charge in [-0.1, -0.05) is 48.5 Å². The van der Waals surface area contributed by atoms with Crippen LogP contribution in [0.1, 0.15) is 28.3 Å². The summed E-state index contributed by atoms with van der Waals surface area (Å²) in [6.07, 6.45) is 3.75. The van der Waals surface area contributed by atoms with Gasteiger partial charge in [0.25, 0.3) is 0 Å². The molecule has 0 heterocycles. The molecule has 0 aliphatic heterocycles. The van der Waals surface area contributed by atoms with Crippen LogP contribution < -0.4 is 16.8 Å². The highest BCUT2D eigenvalue weighted by Gasteiger charge is 2.13. The Morgan fingerprint density at radius 2 is 1.79 bits per heavy atom. The van der Waals surface area contributed by atoms with Crippen LogP contribution in [0.4, 0.5) is 0 Å². The molecule has 0 spiro atoms. The summed E-state index contributed by atoms with van der Waals surface area (Å²) in [5.41, 5.74) is 14.5. The van der Waals surface area contributed by atoms with Gasteiger partial charge < -0.3 is 21.5 Å². The first-order chi connectivity index (χ1) is 13.4. The van der Waals surface area contributed by atoms with Crippen molar-refractivity contribution in [2.24, 2.45) is 11.5 Å². The van der Waals surface area contributed by atoms with Gasteiger partial charge in [0, 0.05) is 29.8 Å². The molecular formula is C21H25N5O2. The lowest BCUT2D eigenvalue weighted by atomic mass is 9.96. The molecule has 0 bridgehead atoms. The van der Waals surface area contributed by atoms with Crippen molar-refractivity contribution in [1.82, 2.24) is 5.32 Å². The molecule has 2 aromatic carbocycles. The van der Waals surface area contributed by atoms with E-state index in [0.717, 1.165) is 11.1 Å². The fourth-order valence-corrected chi connectivity index (χ4v) is 2.72. The minimum absolute atomic E-state index is 0.0111. The molecule has 0 saturated heterocycles. The first-order valence-corrected chi connectivity index (χ1v) is 8.76. The average molecular weight is 379 g/mol. The van der Waals surface area contributed by atoms with Crippen LogP contribution in [0, 0.1) is 10.8 Å². The van der Waals surface area contributed by atoms with Crippen molar-refractivity contribution in [1.29, 1.82) is 10.8 Å². The Morgan fingerprint density at radius 1 is 1.11 bits per heavy atom. The van der Waals surface area contributed by atoms with Gasteiger partial charge in [0.1, 0.15) is 11.7 Å². The van der Waals surface area contributed by atoms with Crippen LogP contribution in [-0.4, -0.2) is 31.3 Å². The molecule has 0 aliphatic rings. The van der Waals surface area contributed by atoms with Crippen LogP contribution in [0.25, 0.3) is 0 Å². The number of hydrogen-bond donors (Lipinski definition) is 5. The van der Waals surface area contributed by atoms with Crippen molar-refractivity contribution in [2.45, 2.75) is 12.5 Å². The second-order valence-corrected chi connectivity index (χ2v) is 6.24. The number of amidine groups is 2. The Bertz CT molecular complexity index is 875. The predicted molar refractivity (Wildman–Crippen MR) is 111 cm³/mol. The van der Waals surface area contributed by atoms with Crippen LogP contribution in [-0.2, 0) is 16.0 Å². The molecular weight excluding hydrogens is 354 g/mol. The van der Waals surface area contributed by atoms with E-state index in [1.807, 2.05) is 42.5 Å².